The lowest BCUT2D eigenvalue weighted by Crippen LogP contribution is -2.19. The largest absolute Gasteiger partial charge is 0.468 e. The first kappa shape index (κ1) is 16.1. The molecule has 114 valence electrons. The summed E-state index contributed by atoms with van der Waals surface area (Å²) in [4.78, 5) is 2.24. The Bertz CT molecular complexity index is 536. The van der Waals surface area contributed by atoms with Crippen molar-refractivity contribution >= 4 is 11.6 Å². The summed E-state index contributed by atoms with van der Waals surface area (Å²) in [6.07, 6.45) is 2.91. The fourth-order valence-corrected chi connectivity index (χ4v) is 2.39. The number of nitrogens with one attached hydrogen (secondary N) is 1. The Morgan fingerprint density at radius 1 is 1.14 bits per heavy atom. The van der Waals surface area contributed by atoms with Crippen molar-refractivity contribution in [3.05, 3.63) is 58.5 Å². The molecule has 0 aliphatic heterocycles. The van der Waals surface area contributed by atoms with Crippen molar-refractivity contribution in [3.63, 3.8) is 0 Å². The van der Waals surface area contributed by atoms with Crippen LogP contribution in [-0.4, -0.2) is 18.5 Å². The average molecular weight is 307 g/mol. The molecule has 1 aromatic carbocycles. The maximum atomic E-state index is 5.91. The zero-order chi connectivity index (χ0) is 15.1. The molecule has 0 spiro atoms. The molecule has 0 atom stereocenters. The molecule has 0 aliphatic rings. The highest BCUT2D eigenvalue weighted by molar-refractivity contribution is 6.30. The number of benzene rings is 1. The van der Waals surface area contributed by atoms with Crippen LogP contribution in [0.1, 0.15) is 30.2 Å². The summed E-state index contributed by atoms with van der Waals surface area (Å²) in [6, 6.07) is 10.0. The van der Waals surface area contributed by atoms with Gasteiger partial charge in [-0.3, -0.25) is 4.90 Å². The van der Waals surface area contributed by atoms with E-state index in [1.165, 1.54) is 11.1 Å². The van der Waals surface area contributed by atoms with Crippen LogP contribution in [0.4, 0.5) is 0 Å². The molecular weight excluding hydrogens is 284 g/mol. The van der Waals surface area contributed by atoms with Gasteiger partial charge in [0.25, 0.3) is 0 Å². The van der Waals surface area contributed by atoms with Crippen LogP contribution in [0, 0.1) is 0 Å². The SMILES string of the molecule is CCCNCc1ccoc1CN(C)Cc1ccc(Cl)cc1. The van der Waals surface area contributed by atoms with Crippen LogP contribution in [0.2, 0.25) is 5.02 Å². The molecule has 0 saturated carbocycles. The van der Waals surface area contributed by atoms with Crippen LogP contribution in [0.3, 0.4) is 0 Å². The first-order valence-electron chi connectivity index (χ1n) is 7.38. The van der Waals surface area contributed by atoms with Gasteiger partial charge < -0.3 is 9.73 Å². The summed E-state index contributed by atoms with van der Waals surface area (Å²) in [5.74, 6) is 1.04. The highest BCUT2D eigenvalue weighted by Gasteiger charge is 2.09. The normalized spacial score (nSPS) is 11.2. The minimum Gasteiger partial charge on any atom is -0.468 e. The van der Waals surface area contributed by atoms with Crippen LogP contribution >= 0.6 is 11.6 Å². The van der Waals surface area contributed by atoms with Gasteiger partial charge in [-0.15, -0.1) is 0 Å². The molecule has 0 amide bonds. The topological polar surface area (TPSA) is 28.4 Å². The predicted octanol–water partition coefficient (Wildman–Crippen LogP) is 4.06. The van der Waals surface area contributed by atoms with Gasteiger partial charge in [-0.2, -0.15) is 0 Å². The van der Waals surface area contributed by atoms with E-state index in [1.54, 1.807) is 6.26 Å². The van der Waals surface area contributed by atoms with E-state index in [2.05, 4.69) is 36.3 Å². The molecule has 0 aliphatic carbocycles. The van der Waals surface area contributed by atoms with Gasteiger partial charge in [0.15, 0.2) is 0 Å². The average Bonchev–Trinajstić information content (AvgIpc) is 2.89. The van der Waals surface area contributed by atoms with Crippen molar-refractivity contribution < 1.29 is 4.42 Å². The Kier molecular flexibility index (Phi) is 6.30. The van der Waals surface area contributed by atoms with Gasteiger partial charge in [0, 0.05) is 23.7 Å². The Morgan fingerprint density at radius 3 is 2.62 bits per heavy atom. The van der Waals surface area contributed by atoms with E-state index < -0.39 is 0 Å². The third kappa shape index (κ3) is 5.20. The molecule has 4 heteroatoms. The fourth-order valence-electron chi connectivity index (χ4n) is 2.27. The number of rotatable bonds is 8. The predicted molar refractivity (Wildman–Crippen MR) is 87.3 cm³/mol. The summed E-state index contributed by atoms with van der Waals surface area (Å²) in [5.41, 5.74) is 2.49. The zero-order valence-corrected chi connectivity index (χ0v) is 13.5. The smallest absolute Gasteiger partial charge is 0.122 e. The number of halogens is 1. The lowest BCUT2D eigenvalue weighted by molar-refractivity contribution is 0.286. The Hall–Kier alpha value is -1.29. The van der Waals surface area contributed by atoms with E-state index in [9.17, 15) is 0 Å². The Morgan fingerprint density at radius 2 is 1.90 bits per heavy atom. The van der Waals surface area contributed by atoms with Crippen molar-refractivity contribution in [1.82, 2.24) is 10.2 Å². The van der Waals surface area contributed by atoms with E-state index >= 15 is 0 Å². The van der Waals surface area contributed by atoms with Crippen LogP contribution < -0.4 is 5.32 Å². The third-order valence-corrected chi connectivity index (χ3v) is 3.61. The van der Waals surface area contributed by atoms with Gasteiger partial charge in [-0.1, -0.05) is 30.7 Å². The molecule has 3 nitrogen and oxygen atoms in total. The summed E-state index contributed by atoms with van der Waals surface area (Å²) in [5, 5.41) is 4.19. The minimum atomic E-state index is 0.775. The van der Waals surface area contributed by atoms with E-state index in [0.717, 1.165) is 43.4 Å². The lowest BCUT2D eigenvalue weighted by Gasteiger charge is -2.16. The molecule has 21 heavy (non-hydrogen) atoms. The summed E-state index contributed by atoms with van der Waals surface area (Å²) < 4.78 is 5.62. The van der Waals surface area contributed by atoms with Gasteiger partial charge in [-0.05, 0) is 43.8 Å². The lowest BCUT2D eigenvalue weighted by atomic mass is 10.2. The summed E-state index contributed by atoms with van der Waals surface area (Å²) in [7, 11) is 2.10. The Balaban J connectivity index is 1.88. The molecule has 0 radical (unpaired) electrons. The van der Waals surface area contributed by atoms with Gasteiger partial charge in [0.05, 0.1) is 12.8 Å². The van der Waals surface area contributed by atoms with Crippen LogP contribution in [-0.2, 0) is 19.6 Å². The summed E-state index contributed by atoms with van der Waals surface area (Å²) >= 11 is 5.91. The molecule has 0 bridgehead atoms. The number of hydrogen-bond acceptors (Lipinski definition) is 3. The standard InChI is InChI=1S/C17H23ClN2O/c1-3-9-19-11-15-8-10-21-17(15)13-20(2)12-14-4-6-16(18)7-5-14/h4-8,10,19H,3,9,11-13H2,1-2H3. The first-order valence-corrected chi connectivity index (χ1v) is 7.75. The third-order valence-electron chi connectivity index (χ3n) is 3.36. The van der Waals surface area contributed by atoms with Gasteiger partial charge in [0.1, 0.15) is 5.76 Å². The van der Waals surface area contributed by atoms with Gasteiger partial charge >= 0.3 is 0 Å². The van der Waals surface area contributed by atoms with Crippen LogP contribution in [0.15, 0.2) is 41.0 Å². The maximum Gasteiger partial charge on any atom is 0.122 e. The van der Waals surface area contributed by atoms with Crippen LogP contribution in [0.25, 0.3) is 0 Å². The van der Waals surface area contributed by atoms with E-state index in [0.29, 0.717) is 0 Å². The van der Waals surface area contributed by atoms with Crippen molar-refractivity contribution in [3.8, 4) is 0 Å². The van der Waals surface area contributed by atoms with Crippen LogP contribution in [0.5, 0.6) is 0 Å². The molecule has 2 aromatic rings. The monoisotopic (exact) mass is 306 g/mol. The van der Waals surface area contributed by atoms with E-state index in [1.807, 2.05) is 18.2 Å². The highest BCUT2D eigenvalue weighted by Crippen LogP contribution is 2.15. The number of hydrogen-bond donors (Lipinski definition) is 1. The highest BCUT2D eigenvalue weighted by atomic mass is 35.5. The molecular formula is C17H23ClN2O. The molecule has 0 saturated heterocycles. The molecule has 1 N–H and O–H groups in total. The quantitative estimate of drug-likeness (QED) is 0.745. The fraction of sp³-hybridized carbons (Fsp3) is 0.412. The molecule has 0 fully saturated rings. The zero-order valence-electron chi connectivity index (χ0n) is 12.7. The van der Waals surface area contributed by atoms with Crippen molar-refractivity contribution in [2.24, 2.45) is 0 Å². The van der Waals surface area contributed by atoms with Crippen molar-refractivity contribution in [1.29, 1.82) is 0 Å². The Labute approximate surface area is 131 Å². The van der Waals surface area contributed by atoms with E-state index in [-0.39, 0.29) is 0 Å². The molecule has 1 heterocycles. The minimum absolute atomic E-state index is 0.775. The van der Waals surface area contributed by atoms with Crippen molar-refractivity contribution in [2.75, 3.05) is 13.6 Å². The van der Waals surface area contributed by atoms with E-state index in [4.69, 9.17) is 16.0 Å². The number of furan rings is 1. The van der Waals surface area contributed by atoms with Crippen molar-refractivity contribution in [2.45, 2.75) is 33.0 Å². The van der Waals surface area contributed by atoms with Gasteiger partial charge in [0.2, 0.25) is 0 Å². The molecule has 2 rings (SSSR count). The number of nitrogens with zero attached hydrogens (tertiary/aromatic N) is 1. The summed E-state index contributed by atoms with van der Waals surface area (Å²) in [6.45, 7) is 5.75. The van der Waals surface area contributed by atoms with Gasteiger partial charge in [-0.25, -0.2) is 0 Å². The molecule has 0 unspecified atom stereocenters. The first-order chi connectivity index (χ1) is 10.2. The second kappa shape index (κ2) is 8.23. The maximum absolute atomic E-state index is 5.91. The second-order valence-corrected chi connectivity index (χ2v) is 5.78. The second-order valence-electron chi connectivity index (χ2n) is 5.34. The molecule has 1 aromatic heterocycles.